The van der Waals surface area contributed by atoms with Gasteiger partial charge in [-0.05, 0) is 42.3 Å². The van der Waals surface area contributed by atoms with Crippen LogP contribution < -0.4 is 4.74 Å². The molecule has 0 heterocycles. The second kappa shape index (κ2) is 5.63. The maximum atomic E-state index is 13.3. The first-order valence-corrected chi connectivity index (χ1v) is 5.84. The molecule has 0 aliphatic heterocycles. The highest BCUT2D eigenvalue weighted by molar-refractivity contribution is 5.28. The van der Waals surface area contributed by atoms with Gasteiger partial charge >= 0.3 is 0 Å². The van der Waals surface area contributed by atoms with Crippen molar-refractivity contribution in [1.82, 2.24) is 0 Å². The molecule has 0 aliphatic rings. The molecule has 2 aromatic rings. The van der Waals surface area contributed by atoms with Crippen molar-refractivity contribution in [2.24, 2.45) is 0 Å². The topological polar surface area (TPSA) is 9.23 Å². The molecule has 0 amide bonds. The molecule has 2 aromatic carbocycles. The van der Waals surface area contributed by atoms with Gasteiger partial charge in [0.15, 0.2) is 0 Å². The van der Waals surface area contributed by atoms with Crippen LogP contribution in [-0.4, -0.2) is 0 Å². The molecule has 0 aliphatic carbocycles. The van der Waals surface area contributed by atoms with Crippen molar-refractivity contribution in [3.8, 4) is 5.75 Å². The highest BCUT2D eigenvalue weighted by Crippen LogP contribution is 2.16. The van der Waals surface area contributed by atoms with E-state index in [1.165, 1.54) is 5.56 Å². The van der Waals surface area contributed by atoms with Gasteiger partial charge in [-0.2, -0.15) is 0 Å². The molecule has 0 spiro atoms. The Bertz CT molecular complexity index is 521. The molecule has 0 aromatic heterocycles. The van der Waals surface area contributed by atoms with Crippen molar-refractivity contribution in [3.63, 3.8) is 0 Å². The lowest BCUT2D eigenvalue weighted by Crippen LogP contribution is -1.99. The average Bonchev–Trinajstić information content (AvgIpc) is 2.40. The molecule has 0 N–H and O–H groups in total. The largest absolute Gasteiger partial charge is 0.489 e. The van der Waals surface area contributed by atoms with Gasteiger partial charge in [0.1, 0.15) is 24.0 Å². The fourth-order valence-corrected chi connectivity index (χ4v) is 1.64. The maximum absolute atomic E-state index is 13.3. The Hall–Kier alpha value is -1.90. The van der Waals surface area contributed by atoms with E-state index in [1.807, 2.05) is 24.3 Å². The van der Waals surface area contributed by atoms with Crippen LogP contribution >= 0.6 is 0 Å². The van der Waals surface area contributed by atoms with Crippen molar-refractivity contribution < 1.29 is 13.5 Å². The molecule has 0 fully saturated rings. The lowest BCUT2D eigenvalue weighted by atomic mass is 10.2. The average molecular weight is 248 g/mol. The van der Waals surface area contributed by atoms with Gasteiger partial charge in [-0.15, -0.1) is 0 Å². The summed E-state index contributed by atoms with van der Waals surface area (Å²) in [6.45, 7) is 2.09. The van der Waals surface area contributed by atoms with Crippen molar-refractivity contribution in [2.75, 3.05) is 0 Å². The molecule has 18 heavy (non-hydrogen) atoms. The summed E-state index contributed by atoms with van der Waals surface area (Å²) in [5.74, 6) is -0.270. The van der Waals surface area contributed by atoms with Crippen LogP contribution in [0, 0.1) is 11.6 Å². The Kier molecular flexibility index (Phi) is 3.92. The molecule has 0 bridgehead atoms. The van der Waals surface area contributed by atoms with Gasteiger partial charge in [0.25, 0.3) is 0 Å². The maximum Gasteiger partial charge on any atom is 0.130 e. The molecule has 0 saturated heterocycles. The van der Waals surface area contributed by atoms with E-state index in [-0.39, 0.29) is 12.2 Å². The first-order chi connectivity index (χ1) is 8.69. The fourth-order valence-electron chi connectivity index (χ4n) is 1.64. The summed E-state index contributed by atoms with van der Waals surface area (Å²) < 4.78 is 31.7. The predicted octanol–water partition coefficient (Wildman–Crippen LogP) is 4.11. The monoisotopic (exact) mass is 248 g/mol. The van der Waals surface area contributed by atoms with Crippen LogP contribution in [0.4, 0.5) is 8.78 Å². The summed E-state index contributed by atoms with van der Waals surface area (Å²) in [6, 6.07) is 10.9. The van der Waals surface area contributed by atoms with Crippen LogP contribution in [0.25, 0.3) is 0 Å². The molecule has 0 saturated carbocycles. The van der Waals surface area contributed by atoms with E-state index in [4.69, 9.17) is 4.74 Å². The zero-order valence-corrected chi connectivity index (χ0v) is 10.1. The van der Waals surface area contributed by atoms with Crippen LogP contribution in [0.5, 0.6) is 5.75 Å². The SMILES string of the molecule is CCc1ccc(OCc2cc(F)ccc2F)cc1. The van der Waals surface area contributed by atoms with Gasteiger partial charge in [-0.3, -0.25) is 0 Å². The lowest BCUT2D eigenvalue weighted by molar-refractivity contribution is 0.299. The minimum Gasteiger partial charge on any atom is -0.489 e. The molecule has 0 unspecified atom stereocenters. The molecular weight excluding hydrogens is 234 g/mol. The summed E-state index contributed by atoms with van der Waals surface area (Å²) in [6.07, 6.45) is 0.957. The number of hydrogen-bond donors (Lipinski definition) is 0. The first kappa shape index (κ1) is 12.6. The molecule has 2 rings (SSSR count). The van der Waals surface area contributed by atoms with Gasteiger partial charge in [0.05, 0.1) is 0 Å². The quantitative estimate of drug-likeness (QED) is 0.791. The minimum atomic E-state index is -0.462. The van der Waals surface area contributed by atoms with Crippen LogP contribution in [0.1, 0.15) is 18.1 Å². The molecule has 0 atom stereocenters. The molecule has 3 heteroatoms. The van der Waals surface area contributed by atoms with Gasteiger partial charge in [-0.25, -0.2) is 8.78 Å². The highest BCUT2D eigenvalue weighted by Gasteiger charge is 2.04. The summed E-state index contributed by atoms with van der Waals surface area (Å²) in [5, 5.41) is 0. The van der Waals surface area contributed by atoms with Crippen LogP contribution in [0.2, 0.25) is 0 Å². The summed E-state index contributed by atoms with van der Waals surface area (Å²) in [4.78, 5) is 0. The Balaban J connectivity index is 2.04. The highest BCUT2D eigenvalue weighted by atomic mass is 19.1. The summed E-state index contributed by atoms with van der Waals surface area (Å²) in [5.41, 5.74) is 1.42. The van der Waals surface area contributed by atoms with E-state index >= 15 is 0 Å². The normalized spacial score (nSPS) is 10.4. The van der Waals surface area contributed by atoms with Crippen molar-refractivity contribution in [2.45, 2.75) is 20.0 Å². The molecule has 94 valence electrons. The smallest absolute Gasteiger partial charge is 0.130 e. The number of aryl methyl sites for hydroxylation is 1. The Morgan fingerprint density at radius 3 is 2.39 bits per heavy atom. The van der Waals surface area contributed by atoms with Gasteiger partial charge in [0.2, 0.25) is 0 Å². The summed E-state index contributed by atoms with van der Waals surface area (Å²) in [7, 11) is 0. The Labute approximate surface area is 105 Å². The first-order valence-electron chi connectivity index (χ1n) is 5.84. The molecule has 1 nitrogen and oxygen atoms in total. The second-order valence-corrected chi connectivity index (χ2v) is 4.02. The third-order valence-electron chi connectivity index (χ3n) is 2.73. The second-order valence-electron chi connectivity index (χ2n) is 4.02. The number of rotatable bonds is 4. The van der Waals surface area contributed by atoms with Gasteiger partial charge in [0, 0.05) is 5.56 Å². The van der Waals surface area contributed by atoms with E-state index in [0.29, 0.717) is 5.75 Å². The lowest BCUT2D eigenvalue weighted by Gasteiger charge is -2.07. The van der Waals surface area contributed by atoms with E-state index < -0.39 is 11.6 Å². The van der Waals surface area contributed by atoms with Gasteiger partial charge in [-0.1, -0.05) is 19.1 Å². The van der Waals surface area contributed by atoms with E-state index in [9.17, 15) is 8.78 Å². The standard InChI is InChI=1S/C15H14F2O/c1-2-11-3-6-14(7-4-11)18-10-12-9-13(16)5-8-15(12)17/h3-9H,2,10H2,1H3. The van der Waals surface area contributed by atoms with Crippen LogP contribution in [0.3, 0.4) is 0 Å². The fraction of sp³-hybridized carbons (Fsp3) is 0.200. The number of halogens is 2. The minimum absolute atomic E-state index is 0.0229. The van der Waals surface area contributed by atoms with E-state index in [0.717, 1.165) is 24.6 Å². The predicted molar refractivity (Wildman–Crippen MR) is 66.5 cm³/mol. The molecule has 0 radical (unpaired) electrons. The van der Waals surface area contributed by atoms with Crippen LogP contribution in [-0.2, 0) is 13.0 Å². The third kappa shape index (κ3) is 3.06. The zero-order valence-electron chi connectivity index (χ0n) is 10.1. The Morgan fingerprint density at radius 2 is 1.72 bits per heavy atom. The van der Waals surface area contributed by atoms with Crippen molar-refractivity contribution in [3.05, 3.63) is 65.2 Å². The number of benzene rings is 2. The summed E-state index contributed by atoms with van der Waals surface area (Å²) >= 11 is 0. The Morgan fingerprint density at radius 1 is 1.00 bits per heavy atom. The van der Waals surface area contributed by atoms with E-state index in [1.54, 1.807) is 0 Å². The van der Waals surface area contributed by atoms with Crippen molar-refractivity contribution >= 4 is 0 Å². The third-order valence-corrected chi connectivity index (χ3v) is 2.73. The van der Waals surface area contributed by atoms with Gasteiger partial charge < -0.3 is 4.74 Å². The number of hydrogen-bond acceptors (Lipinski definition) is 1. The van der Waals surface area contributed by atoms with Crippen LogP contribution in [0.15, 0.2) is 42.5 Å². The number of ether oxygens (including phenoxy) is 1. The zero-order chi connectivity index (χ0) is 13.0. The molecular formula is C15H14F2O. The van der Waals surface area contributed by atoms with Crippen molar-refractivity contribution in [1.29, 1.82) is 0 Å². The van der Waals surface area contributed by atoms with E-state index in [2.05, 4.69) is 6.92 Å².